The van der Waals surface area contributed by atoms with Crippen molar-refractivity contribution in [3.8, 4) is 0 Å². The van der Waals surface area contributed by atoms with Gasteiger partial charge in [-0.2, -0.15) is 4.98 Å². The molecule has 2 bridgehead atoms. The van der Waals surface area contributed by atoms with Gasteiger partial charge < -0.3 is 19.1 Å². The van der Waals surface area contributed by atoms with Gasteiger partial charge in [0.05, 0.1) is 31.0 Å². The van der Waals surface area contributed by atoms with E-state index in [-0.39, 0.29) is 24.2 Å². The number of ether oxygens (including phenoxy) is 1. The summed E-state index contributed by atoms with van der Waals surface area (Å²) in [6, 6.07) is 4.32. The highest BCUT2D eigenvalue weighted by Gasteiger charge is 2.67. The summed E-state index contributed by atoms with van der Waals surface area (Å²) in [5, 5.41) is 3.74. The van der Waals surface area contributed by atoms with Gasteiger partial charge in [0, 0.05) is 12.7 Å². The van der Waals surface area contributed by atoms with Gasteiger partial charge in [0.15, 0.2) is 5.82 Å². The van der Waals surface area contributed by atoms with Gasteiger partial charge in [0.25, 0.3) is 0 Å². The maximum absolute atomic E-state index is 13.5. The van der Waals surface area contributed by atoms with Crippen LogP contribution in [0.3, 0.4) is 0 Å². The number of hydrogen-bond donors (Lipinski definition) is 0. The normalized spacial score (nSPS) is 29.0. The maximum Gasteiger partial charge on any atom is 0.246 e. The molecule has 156 valence electrons. The second-order valence-electron chi connectivity index (χ2n) is 8.18. The fourth-order valence-electron chi connectivity index (χ4n) is 4.85. The highest BCUT2D eigenvalue weighted by atomic mass is 19.1. The van der Waals surface area contributed by atoms with E-state index in [0.717, 1.165) is 0 Å². The first-order valence-electron chi connectivity index (χ1n) is 9.78. The van der Waals surface area contributed by atoms with Crippen LogP contribution in [0.15, 0.2) is 34.9 Å². The molecular formula is C21H21FN4O4. The lowest BCUT2D eigenvalue weighted by Crippen LogP contribution is -2.44. The monoisotopic (exact) mass is 412 g/mol. The number of aromatic nitrogens is 2. The number of carbonyl (C=O) groups excluding carboxylic acids is 2. The fourth-order valence-corrected chi connectivity index (χ4v) is 4.85. The van der Waals surface area contributed by atoms with Crippen LogP contribution in [0.25, 0.3) is 0 Å². The van der Waals surface area contributed by atoms with E-state index in [1.165, 1.54) is 17.0 Å². The van der Waals surface area contributed by atoms with E-state index in [9.17, 15) is 14.0 Å². The van der Waals surface area contributed by atoms with Crippen molar-refractivity contribution >= 4 is 17.5 Å². The molecule has 3 aliphatic heterocycles. The Labute approximate surface area is 172 Å². The lowest BCUT2D eigenvalue weighted by atomic mass is 9.76. The van der Waals surface area contributed by atoms with Crippen molar-refractivity contribution in [3.05, 3.63) is 53.4 Å². The summed E-state index contributed by atoms with van der Waals surface area (Å²) < 4.78 is 24.8. The van der Waals surface area contributed by atoms with Gasteiger partial charge in [0.2, 0.25) is 17.7 Å². The number of anilines is 1. The van der Waals surface area contributed by atoms with Gasteiger partial charge in [-0.05, 0) is 37.6 Å². The molecule has 5 rings (SSSR count). The number of benzene rings is 1. The van der Waals surface area contributed by atoms with E-state index in [1.807, 2.05) is 12.2 Å². The number of aryl methyl sites for hydroxylation is 2. The zero-order chi connectivity index (χ0) is 21.2. The summed E-state index contributed by atoms with van der Waals surface area (Å²) in [4.78, 5) is 33.9. The highest BCUT2D eigenvalue weighted by Crippen LogP contribution is 2.53. The van der Waals surface area contributed by atoms with Crippen molar-refractivity contribution in [2.24, 2.45) is 11.8 Å². The summed E-state index contributed by atoms with van der Waals surface area (Å²) in [5.74, 6) is -1.19. The van der Waals surface area contributed by atoms with Crippen LogP contribution in [-0.4, -0.2) is 52.2 Å². The van der Waals surface area contributed by atoms with E-state index < -0.39 is 23.5 Å². The quantitative estimate of drug-likeness (QED) is 0.712. The summed E-state index contributed by atoms with van der Waals surface area (Å²) in [6.07, 6.45) is 3.30. The van der Waals surface area contributed by atoms with E-state index in [2.05, 4.69) is 10.1 Å². The Morgan fingerprint density at radius 1 is 1.40 bits per heavy atom. The van der Waals surface area contributed by atoms with E-state index in [0.29, 0.717) is 29.5 Å². The second-order valence-corrected chi connectivity index (χ2v) is 8.18. The first-order valence-corrected chi connectivity index (χ1v) is 9.78. The molecule has 8 nitrogen and oxygen atoms in total. The minimum Gasteiger partial charge on any atom is -0.360 e. The Hall–Kier alpha value is -3.07. The van der Waals surface area contributed by atoms with Gasteiger partial charge in [-0.25, -0.2) is 4.39 Å². The average Bonchev–Trinajstić information content (AvgIpc) is 3.43. The standard InChI is InChI=1S/C21H21FN4O4/c1-11-8-13(22)4-5-14(11)26-10-21-7-6-15(29-21)17(18(21)20(26)28)19(27)25(3)9-16-23-12(2)24-30-16/h4-8,15,17-18H,9-10H2,1-3H3/t15-,17+,18+,21-/m0/s1. The molecule has 1 aromatic heterocycles. The van der Waals surface area contributed by atoms with Crippen molar-refractivity contribution in [2.45, 2.75) is 32.1 Å². The molecule has 30 heavy (non-hydrogen) atoms. The Balaban J connectivity index is 1.43. The van der Waals surface area contributed by atoms with Crippen LogP contribution in [0.4, 0.5) is 10.1 Å². The molecule has 0 aliphatic carbocycles. The van der Waals surface area contributed by atoms with Crippen molar-refractivity contribution in [2.75, 3.05) is 18.5 Å². The predicted octanol–water partition coefficient (Wildman–Crippen LogP) is 1.77. The van der Waals surface area contributed by atoms with Crippen LogP contribution in [0.5, 0.6) is 0 Å². The third kappa shape index (κ3) is 2.68. The minimum atomic E-state index is -0.842. The smallest absolute Gasteiger partial charge is 0.246 e. The largest absolute Gasteiger partial charge is 0.360 e. The molecule has 4 atom stereocenters. The summed E-state index contributed by atoms with van der Waals surface area (Å²) in [6.45, 7) is 3.92. The number of hydrogen-bond acceptors (Lipinski definition) is 6. The lowest BCUT2D eigenvalue weighted by molar-refractivity contribution is -0.139. The van der Waals surface area contributed by atoms with Gasteiger partial charge in [0.1, 0.15) is 11.4 Å². The Kier molecular flexibility index (Phi) is 4.08. The van der Waals surface area contributed by atoms with Crippen LogP contribution < -0.4 is 4.90 Å². The molecule has 2 saturated heterocycles. The SMILES string of the molecule is Cc1noc(CN(C)C(=O)[C@@H]2[C@@H]3C=C[C@@]4(CN(c5ccc(F)cc5C)C(=O)[C@@H]24)O3)n1. The second kappa shape index (κ2) is 6.46. The van der Waals surface area contributed by atoms with Crippen LogP contribution in [0.1, 0.15) is 17.3 Å². The number of halogens is 1. The van der Waals surface area contributed by atoms with E-state index in [4.69, 9.17) is 9.26 Å². The van der Waals surface area contributed by atoms with Crippen LogP contribution in [0.2, 0.25) is 0 Å². The molecule has 3 aliphatic rings. The zero-order valence-corrected chi connectivity index (χ0v) is 16.8. The molecule has 0 radical (unpaired) electrons. The fraction of sp³-hybridized carbons (Fsp3) is 0.429. The highest BCUT2D eigenvalue weighted by molar-refractivity contribution is 6.03. The number of rotatable bonds is 4. The van der Waals surface area contributed by atoms with E-state index >= 15 is 0 Å². The minimum absolute atomic E-state index is 0.154. The molecule has 0 saturated carbocycles. The molecular weight excluding hydrogens is 391 g/mol. The first-order chi connectivity index (χ1) is 14.3. The third-order valence-corrected chi connectivity index (χ3v) is 6.15. The molecule has 2 fully saturated rings. The average molecular weight is 412 g/mol. The molecule has 1 aromatic carbocycles. The molecule has 2 amide bonds. The van der Waals surface area contributed by atoms with Gasteiger partial charge in [-0.3, -0.25) is 9.59 Å². The first kappa shape index (κ1) is 18.9. The van der Waals surface area contributed by atoms with Crippen LogP contribution >= 0.6 is 0 Å². The number of carbonyl (C=O) groups is 2. The van der Waals surface area contributed by atoms with Crippen molar-refractivity contribution < 1.29 is 23.2 Å². The topological polar surface area (TPSA) is 88.8 Å². The third-order valence-electron chi connectivity index (χ3n) is 6.15. The van der Waals surface area contributed by atoms with Crippen LogP contribution in [0, 0.1) is 31.5 Å². The molecule has 0 N–H and O–H groups in total. The van der Waals surface area contributed by atoms with Crippen LogP contribution in [-0.2, 0) is 20.9 Å². The molecule has 4 heterocycles. The summed E-state index contributed by atoms with van der Waals surface area (Å²) in [7, 11) is 1.64. The van der Waals surface area contributed by atoms with E-state index in [1.54, 1.807) is 31.9 Å². The number of nitrogens with zero attached hydrogens (tertiary/aromatic N) is 4. The number of amides is 2. The van der Waals surface area contributed by atoms with Gasteiger partial charge in [-0.1, -0.05) is 17.3 Å². The van der Waals surface area contributed by atoms with Crippen molar-refractivity contribution in [3.63, 3.8) is 0 Å². The maximum atomic E-state index is 13.5. The predicted molar refractivity (Wildman–Crippen MR) is 103 cm³/mol. The zero-order valence-electron chi connectivity index (χ0n) is 16.8. The Morgan fingerprint density at radius 2 is 2.20 bits per heavy atom. The van der Waals surface area contributed by atoms with Crippen molar-refractivity contribution in [1.82, 2.24) is 15.0 Å². The molecule has 2 aromatic rings. The Bertz CT molecular complexity index is 1080. The Morgan fingerprint density at radius 3 is 2.90 bits per heavy atom. The molecule has 9 heteroatoms. The summed E-state index contributed by atoms with van der Waals surface area (Å²) >= 11 is 0. The molecule has 1 spiro atoms. The summed E-state index contributed by atoms with van der Waals surface area (Å²) in [5.41, 5.74) is 0.446. The molecule has 0 unspecified atom stereocenters. The van der Waals surface area contributed by atoms with Gasteiger partial charge in [-0.15, -0.1) is 0 Å². The van der Waals surface area contributed by atoms with Gasteiger partial charge >= 0.3 is 0 Å². The van der Waals surface area contributed by atoms with Crippen molar-refractivity contribution in [1.29, 1.82) is 0 Å². The lowest BCUT2D eigenvalue weighted by Gasteiger charge is -2.27. The number of fused-ring (bicyclic) bond motifs is 1.